The first-order valence-corrected chi connectivity index (χ1v) is 8.84. The first-order valence-electron chi connectivity index (χ1n) is 8.84. The number of amides is 1. The van der Waals surface area contributed by atoms with Gasteiger partial charge in [0.15, 0.2) is 11.5 Å². The van der Waals surface area contributed by atoms with Crippen molar-refractivity contribution in [1.82, 2.24) is 20.4 Å². The fourth-order valence-electron chi connectivity index (χ4n) is 3.24. The molecule has 0 spiro atoms. The summed E-state index contributed by atoms with van der Waals surface area (Å²) >= 11 is 0. The third-order valence-corrected chi connectivity index (χ3v) is 4.98. The highest BCUT2D eigenvalue weighted by atomic mass is 35.5. The Labute approximate surface area is 153 Å². The van der Waals surface area contributed by atoms with Crippen LogP contribution in [0.25, 0.3) is 11.5 Å². The number of aromatic nitrogens is 2. The molecule has 6 nitrogen and oxygen atoms in total. The highest BCUT2D eigenvalue weighted by Crippen LogP contribution is 2.28. The van der Waals surface area contributed by atoms with Gasteiger partial charge in [0.05, 0.1) is 0 Å². The van der Waals surface area contributed by atoms with Crippen LogP contribution in [0.4, 0.5) is 0 Å². The number of aryl methyl sites for hydroxylation is 1. The van der Waals surface area contributed by atoms with Crippen molar-refractivity contribution in [1.29, 1.82) is 0 Å². The molecule has 0 aromatic carbocycles. The fraction of sp³-hybridized carbons (Fsp3) is 0.556. The summed E-state index contributed by atoms with van der Waals surface area (Å²) in [5, 5.41) is 10.7. The Balaban J connectivity index is 0.00000182. The number of furan rings is 1. The molecule has 0 bridgehead atoms. The van der Waals surface area contributed by atoms with Crippen LogP contribution < -0.4 is 5.32 Å². The molecule has 0 radical (unpaired) electrons. The molecule has 25 heavy (non-hydrogen) atoms. The number of nitrogens with zero attached hydrogens (tertiary/aromatic N) is 2. The molecular weight excluding hydrogens is 340 g/mol. The molecular formula is C18H25ClN4O2. The van der Waals surface area contributed by atoms with Gasteiger partial charge in [-0.1, -0.05) is 0 Å². The lowest BCUT2D eigenvalue weighted by Crippen LogP contribution is -2.45. The van der Waals surface area contributed by atoms with Crippen LogP contribution in [0.15, 0.2) is 22.6 Å². The quantitative estimate of drug-likeness (QED) is 0.855. The minimum absolute atomic E-state index is 0. The van der Waals surface area contributed by atoms with Crippen LogP contribution in [0.1, 0.15) is 41.9 Å². The van der Waals surface area contributed by atoms with E-state index in [1.54, 1.807) is 6.07 Å². The molecule has 1 saturated heterocycles. The predicted octanol–water partition coefficient (Wildman–Crippen LogP) is 3.00. The number of rotatable bonds is 5. The van der Waals surface area contributed by atoms with Gasteiger partial charge in [0.25, 0.3) is 5.91 Å². The topological polar surface area (TPSA) is 74.2 Å². The number of H-pyrrole nitrogens is 1. The monoisotopic (exact) mass is 364 g/mol. The molecule has 1 amide bonds. The minimum Gasteiger partial charge on any atom is -0.460 e. The predicted molar refractivity (Wildman–Crippen MR) is 97.9 cm³/mol. The van der Waals surface area contributed by atoms with E-state index in [2.05, 4.69) is 15.5 Å². The standard InChI is InChI=1S/C18H24N4O2.ClH/c1-12-2-5-17(24-12)15-10-16(21-20-15)18(23)22-8-6-14(7-9-22)19-11-13-3-4-13;/h2,5,10,13-14,19H,3-4,6-9,11H2,1H3,(H,20,21);1H. The van der Waals surface area contributed by atoms with Crippen molar-refractivity contribution < 1.29 is 9.21 Å². The highest BCUT2D eigenvalue weighted by Gasteiger charge is 2.27. The first-order chi connectivity index (χ1) is 11.7. The Bertz CT molecular complexity index is 714. The van der Waals surface area contributed by atoms with Crippen LogP contribution in [-0.2, 0) is 0 Å². The van der Waals surface area contributed by atoms with Gasteiger partial charge in [0.2, 0.25) is 0 Å². The van der Waals surface area contributed by atoms with Crippen molar-refractivity contribution in [3.05, 3.63) is 29.7 Å². The van der Waals surface area contributed by atoms with Crippen LogP contribution in [0.2, 0.25) is 0 Å². The number of aromatic amines is 1. The third kappa shape index (κ3) is 4.25. The van der Waals surface area contributed by atoms with Gasteiger partial charge >= 0.3 is 0 Å². The van der Waals surface area contributed by atoms with Crippen molar-refractivity contribution in [3.63, 3.8) is 0 Å². The lowest BCUT2D eigenvalue weighted by Gasteiger charge is -2.32. The normalized spacial score (nSPS) is 18.2. The fourth-order valence-corrected chi connectivity index (χ4v) is 3.24. The summed E-state index contributed by atoms with van der Waals surface area (Å²) in [4.78, 5) is 14.5. The van der Waals surface area contributed by atoms with Crippen molar-refractivity contribution in [2.24, 2.45) is 5.92 Å². The van der Waals surface area contributed by atoms with Gasteiger partial charge in [0.1, 0.15) is 11.5 Å². The number of nitrogens with one attached hydrogen (secondary N) is 2. The van der Waals surface area contributed by atoms with E-state index >= 15 is 0 Å². The van der Waals surface area contributed by atoms with E-state index in [1.807, 2.05) is 24.0 Å². The van der Waals surface area contributed by atoms with Gasteiger partial charge < -0.3 is 14.6 Å². The zero-order valence-corrected chi connectivity index (χ0v) is 15.3. The first kappa shape index (κ1) is 18.0. The smallest absolute Gasteiger partial charge is 0.274 e. The SMILES string of the molecule is Cc1ccc(-c2cc(C(=O)N3CCC(NCC4CC4)CC3)n[nH]2)o1.Cl. The number of hydrogen-bond acceptors (Lipinski definition) is 4. The molecule has 0 unspecified atom stereocenters. The van der Waals surface area contributed by atoms with E-state index < -0.39 is 0 Å². The van der Waals surface area contributed by atoms with E-state index in [0.29, 0.717) is 17.5 Å². The van der Waals surface area contributed by atoms with Gasteiger partial charge in [-0.05, 0) is 57.2 Å². The van der Waals surface area contributed by atoms with Crippen LogP contribution in [0.3, 0.4) is 0 Å². The largest absolute Gasteiger partial charge is 0.460 e. The number of carbonyl (C=O) groups is 1. The van der Waals surface area contributed by atoms with Crippen molar-refractivity contribution >= 4 is 18.3 Å². The van der Waals surface area contributed by atoms with Gasteiger partial charge in [-0.25, -0.2) is 0 Å². The zero-order chi connectivity index (χ0) is 16.5. The van der Waals surface area contributed by atoms with E-state index in [0.717, 1.165) is 49.8 Å². The second kappa shape index (κ2) is 7.62. The molecule has 2 aromatic rings. The molecule has 3 heterocycles. The Morgan fingerprint density at radius 2 is 2.08 bits per heavy atom. The Kier molecular flexibility index (Phi) is 5.49. The molecule has 2 aliphatic rings. The van der Waals surface area contributed by atoms with Gasteiger partial charge in [-0.15, -0.1) is 12.4 Å². The second-order valence-electron chi connectivity index (χ2n) is 7.00. The molecule has 2 aromatic heterocycles. The summed E-state index contributed by atoms with van der Waals surface area (Å²) in [6, 6.07) is 6.11. The molecule has 1 aliphatic heterocycles. The van der Waals surface area contributed by atoms with Gasteiger partial charge in [-0.3, -0.25) is 9.89 Å². The lowest BCUT2D eigenvalue weighted by molar-refractivity contribution is 0.0699. The Morgan fingerprint density at radius 1 is 1.32 bits per heavy atom. The summed E-state index contributed by atoms with van der Waals surface area (Å²) in [5.41, 5.74) is 1.20. The molecule has 136 valence electrons. The van der Waals surface area contributed by atoms with Crippen molar-refractivity contribution in [2.45, 2.75) is 38.6 Å². The summed E-state index contributed by atoms with van der Waals surface area (Å²) in [6.45, 7) is 4.63. The summed E-state index contributed by atoms with van der Waals surface area (Å²) < 4.78 is 5.57. The number of carbonyl (C=O) groups excluding carboxylic acids is 1. The Morgan fingerprint density at radius 3 is 2.72 bits per heavy atom. The maximum Gasteiger partial charge on any atom is 0.274 e. The number of halogens is 1. The lowest BCUT2D eigenvalue weighted by atomic mass is 10.0. The van der Waals surface area contributed by atoms with Crippen LogP contribution in [0, 0.1) is 12.8 Å². The average molecular weight is 365 g/mol. The zero-order valence-electron chi connectivity index (χ0n) is 14.5. The number of piperidine rings is 1. The molecule has 1 aliphatic carbocycles. The molecule has 2 N–H and O–H groups in total. The maximum absolute atomic E-state index is 12.6. The third-order valence-electron chi connectivity index (χ3n) is 4.98. The van der Waals surface area contributed by atoms with Crippen molar-refractivity contribution in [3.8, 4) is 11.5 Å². The van der Waals surface area contributed by atoms with Crippen LogP contribution in [-0.4, -0.2) is 46.7 Å². The molecule has 7 heteroatoms. The van der Waals surface area contributed by atoms with Crippen molar-refractivity contribution in [2.75, 3.05) is 19.6 Å². The molecule has 0 atom stereocenters. The summed E-state index contributed by atoms with van der Waals surface area (Å²) in [6.07, 6.45) is 4.79. The summed E-state index contributed by atoms with van der Waals surface area (Å²) in [5.74, 6) is 2.45. The minimum atomic E-state index is 0. The second-order valence-corrected chi connectivity index (χ2v) is 7.00. The molecule has 2 fully saturated rings. The van der Waals surface area contributed by atoms with E-state index in [-0.39, 0.29) is 18.3 Å². The van der Waals surface area contributed by atoms with E-state index in [9.17, 15) is 4.79 Å². The van der Waals surface area contributed by atoms with E-state index in [4.69, 9.17) is 4.42 Å². The summed E-state index contributed by atoms with van der Waals surface area (Å²) in [7, 11) is 0. The maximum atomic E-state index is 12.6. The highest BCUT2D eigenvalue weighted by molar-refractivity contribution is 5.93. The molecule has 1 saturated carbocycles. The number of hydrogen-bond donors (Lipinski definition) is 2. The van der Waals surface area contributed by atoms with Crippen LogP contribution in [0.5, 0.6) is 0 Å². The van der Waals surface area contributed by atoms with Crippen LogP contribution >= 0.6 is 12.4 Å². The number of likely N-dealkylation sites (tertiary alicyclic amines) is 1. The molecule has 4 rings (SSSR count). The Hall–Kier alpha value is -1.79. The van der Waals surface area contributed by atoms with Gasteiger partial charge in [-0.2, -0.15) is 5.10 Å². The average Bonchev–Trinajstić information content (AvgIpc) is 3.12. The van der Waals surface area contributed by atoms with E-state index in [1.165, 1.54) is 12.8 Å². The van der Waals surface area contributed by atoms with Gasteiger partial charge in [0, 0.05) is 25.2 Å².